The van der Waals surface area contributed by atoms with Crippen molar-refractivity contribution in [3.05, 3.63) is 51.8 Å². The third-order valence-electron chi connectivity index (χ3n) is 3.32. The Morgan fingerprint density at radius 2 is 1.96 bits per heavy atom. The molecule has 0 aliphatic rings. The van der Waals surface area contributed by atoms with Crippen molar-refractivity contribution in [2.45, 2.75) is 6.92 Å². The highest BCUT2D eigenvalue weighted by Crippen LogP contribution is 2.37. The van der Waals surface area contributed by atoms with E-state index >= 15 is 0 Å². The van der Waals surface area contributed by atoms with Crippen LogP contribution in [0.5, 0.6) is 5.19 Å². The lowest BCUT2D eigenvalue weighted by molar-refractivity contribution is 0.102. The molecule has 0 atom stereocenters. The Balaban J connectivity index is 2.03. The number of benzene rings is 1. The number of aromatic nitrogens is 3. The molecule has 3 aromatic rings. The molecular formula is C16H12Cl2N4O2S. The molecule has 0 saturated carbocycles. The zero-order chi connectivity index (χ0) is 18.0. The lowest BCUT2D eigenvalue weighted by atomic mass is 10.00. The van der Waals surface area contributed by atoms with Gasteiger partial charge in [-0.25, -0.2) is 0 Å². The average molecular weight is 395 g/mol. The number of hydrogen-bond acceptors (Lipinski definition) is 6. The van der Waals surface area contributed by atoms with Gasteiger partial charge in [0.2, 0.25) is 5.13 Å². The van der Waals surface area contributed by atoms with E-state index in [1.165, 1.54) is 13.3 Å². The molecule has 1 aromatic carbocycles. The van der Waals surface area contributed by atoms with Crippen LogP contribution in [0.2, 0.25) is 10.0 Å². The largest absolute Gasteiger partial charge is 0.472 e. The first-order valence-electron chi connectivity index (χ1n) is 7.09. The second-order valence-electron chi connectivity index (χ2n) is 5.00. The molecule has 0 spiro atoms. The first-order valence-corrected chi connectivity index (χ1v) is 8.66. The van der Waals surface area contributed by atoms with Crippen molar-refractivity contribution in [3.63, 3.8) is 0 Å². The van der Waals surface area contributed by atoms with Crippen molar-refractivity contribution in [2.75, 3.05) is 12.4 Å². The van der Waals surface area contributed by atoms with Gasteiger partial charge in [-0.05, 0) is 36.5 Å². The van der Waals surface area contributed by atoms with Gasteiger partial charge in [-0.15, -0.1) is 5.10 Å². The van der Waals surface area contributed by atoms with E-state index in [-0.39, 0.29) is 0 Å². The highest BCUT2D eigenvalue weighted by atomic mass is 35.5. The number of pyridine rings is 1. The molecule has 3 rings (SSSR count). The van der Waals surface area contributed by atoms with Crippen molar-refractivity contribution in [3.8, 4) is 16.3 Å². The van der Waals surface area contributed by atoms with Gasteiger partial charge in [0, 0.05) is 33.1 Å². The van der Waals surface area contributed by atoms with Gasteiger partial charge in [0.15, 0.2) is 0 Å². The van der Waals surface area contributed by atoms with E-state index in [0.29, 0.717) is 37.1 Å². The lowest BCUT2D eigenvalue weighted by Gasteiger charge is -2.12. The molecule has 2 heterocycles. The van der Waals surface area contributed by atoms with Gasteiger partial charge in [0.25, 0.3) is 11.1 Å². The maximum absolute atomic E-state index is 12.7. The molecule has 6 nitrogen and oxygen atoms in total. The van der Waals surface area contributed by atoms with E-state index in [1.54, 1.807) is 24.3 Å². The topological polar surface area (TPSA) is 77.0 Å². The van der Waals surface area contributed by atoms with Gasteiger partial charge in [0.05, 0.1) is 12.7 Å². The van der Waals surface area contributed by atoms with Crippen LogP contribution in [0.4, 0.5) is 5.13 Å². The summed E-state index contributed by atoms with van der Waals surface area (Å²) in [6.45, 7) is 1.82. The van der Waals surface area contributed by atoms with Crippen molar-refractivity contribution in [2.24, 2.45) is 0 Å². The summed E-state index contributed by atoms with van der Waals surface area (Å²) in [5, 5.41) is 11.9. The summed E-state index contributed by atoms with van der Waals surface area (Å²) in [6, 6.07) is 6.95. The van der Waals surface area contributed by atoms with Gasteiger partial charge < -0.3 is 4.74 Å². The molecule has 0 aliphatic carbocycles. The standard InChI is InChI=1S/C16H12Cl2N4O2S/c1-8-6-9(13-11(17)4-3-5-12(13)18)10(7-19-8)14(23)20-15-21-22-16(24-2)25-15/h3-7H,1-2H3,(H,20,21,23). The van der Waals surface area contributed by atoms with Crippen LogP contribution < -0.4 is 10.1 Å². The molecule has 25 heavy (non-hydrogen) atoms. The number of nitrogens with zero attached hydrogens (tertiary/aromatic N) is 3. The molecule has 0 bridgehead atoms. The number of halogens is 2. The van der Waals surface area contributed by atoms with E-state index in [2.05, 4.69) is 20.5 Å². The van der Waals surface area contributed by atoms with E-state index < -0.39 is 5.91 Å². The third-order valence-corrected chi connectivity index (χ3v) is 4.75. The highest BCUT2D eigenvalue weighted by molar-refractivity contribution is 7.17. The summed E-state index contributed by atoms with van der Waals surface area (Å²) in [5.41, 5.74) is 2.24. The summed E-state index contributed by atoms with van der Waals surface area (Å²) < 4.78 is 4.97. The molecule has 9 heteroatoms. The molecule has 0 aliphatic heterocycles. The van der Waals surface area contributed by atoms with Crippen molar-refractivity contribution >= 4 is 45.6 Å². The first-order chi connectivity index (χ1) is 12.0. The predicted octanol–water partition coefficient (Wildman–Crippen LogP) is 4.48. The van der Waals surface area contributed by atoms with E-state index in [0.717, 1.165) is 17.0 Å². The fraction of sp³-hybridized carbons (Fsp3) is 0.125. The van der Waals surface area contributed by atoms with Crippen LogP contribution in [0.1, 0.15) is 16.1 Å². The van der Waals surface area contributed by atoms with E-state index in [1.807, 2.05) is 6.92 Å². The number of nitrogens with one attached hydrogen (secondary N) is 1. The summed E-state index contributed by atoms with van der Waals surface area (Å²) in [4.78, 5) is 16.9. The normalized spacial score (nSPS) is 10.6. The number of carbonyl (C=O) groups is 1. The predicted molar refractivity (Wildman–Crippen MR) is 98.8 cm³/mol. The Morgan fingerprint density at radius 1 is 1.24 bits per heavy atom. The van der Waals surface area contributed by atoms with Gasteiger partial charge >= 0.3 is 0 Å². The van der Waals surface area contributed by atoms with Gasteiger partial charge in [-0.1, -0.05) is 34.4 Å². The number of rotatable bonds is 4. The fourth-order valence-corrected chi connectivity index (χ4v) is 3.37. The molecule has 2 aromatic heterocycles. The number of ether oxygens (including phenoxy) is 1. The summed E-state index contributed by atoms with van der Waals surface area (Å²) in [6.07, 6.45) is 1.48. The molecular weight excluding hydrogens is 383 g/mol. The first kappa shape index (κ1) is 17.6. The fourth-order valence-electron chi connectivity index (χ4n) is 2.21. The minimum atomic E-state index is -0.391. The molecule has 1 amide bonds. The second-order valence-corrected chi connectivity index (χ2v) is 6.75. The van der Waals surface area contributed by atoms with E-state index in [9.17, 15) is 4.79 Å². The van der Waals surface area contributed by atoms with Crippen LogP contribution in [0.3, 0.4) is 0 Å². The Labute approximate surface area is 157 Å². The molecule has 1 N–H and O–H groups in total. The van der Waals surface area contributed by atoms with Crippen molar-refractivity contribution in [1.82, 2.24) is 15.2 Å². The Bertz CT molecular complexity index is 925. The molecule has 0 radical (unpaired) electrons. The number of aryl methyl sites for hydroxylation is 1. The van der Waals surface area contributed by atoms with Crippen LogP contribution >= 0.6 is 34.5 Å². The summed E-state index contributed by atoms with van der Waals surface area (Å²) >= 11 is 13.7. The van der Waals surface area contributed by atoms with Gasteiger partial charge in [-0.3, -0.25) is 15.1 Å². The van der Waals surface area contributed by atoms with Crippen LogP contribution in [0.15, 0.2) is 30.5 Å². The zero-order valence-electron chi connectivity index (χ0n) is 13.2. The van der Waals surface area contributed by atoms with Crippen LogP contribution in [-0.4, -0.2) is 28.2 Å². The monoisotopic (exact) mass is 394 g/mol. The van der Waals surface area contributed by atoms with Crippen LogP contribution in [-0.2, 0) is 0 Å². The quantitative estimate of drug-likeness (QED) is 0.705. The molecule has 0 unspecified atom stereocenters. The highest BCUT2D eigenvalue weighted by Gasteiger charge is 2.19. The molecule has 128 valence electrons. The number of anilines is 1. The summed E-state index contributed by atoms with van der Waals surface area (Å²) in [7, 11) is 1.48. The van der Waals surface area contributed by atoms with Gasteiger partial charge in [0.1, 0.15) is 0 Å². The average Bonchev–Trinajstić information content (AvgIpc) is 3.02. The minimum Gasteiger partial charge on any atom is -0.472 e. The van der Waals surface area contributed by atoms with Crippen LogP contribution in [0, 0.1) is 6.92 Å². The molecule has 0 fully saturated rings. The Hall–Kier alpha value is -2.22. The number of hydrogen-bond donors (Lipinski definition) is 1. The smallest absolute Gasteiger partial charge is 0.295 e. The van der Waals surface area contributed by atoms with E-state index in [4.69, 9.17) is 27.9 Å². The van der Waals surface area contributed by atoms with Crippen molar-refractivity contribution < 1.29 is 9.53 Å². The number of amides is 1. The zero-order valence-corrected chi connectivity index (χ0v) is 15.5. The SMILES string of the molecule is COc1nnc(NC(=O)c2cnc(C)cc2-c2c(Cl)cccc2Cl)s1. The van der Waals surface area contributed by atoms with Crippen LogP contribution in [0.25, 0.3) is 11.1 Å². The summed E-state index contributed by atoms with van der Waals surface area (Å²) in [5.74, 6) is -0.391. The number of methoxy groups -OCH3 is 1. The Kier molecular flexibility index (Phi) is 5.17. The maximum atomic E-state index is 12.7. The van der Waals surface area contributed by atoms with Crippen molar-refractivity contribution in [1.29, 1.82) is 0 Å². The lowest BCUT2D eigenvalue weighted by Crippen LogP contribution is -2.14. The molecule has 0 saturated heterocycles. The number of carbonyl (C=O) groups excluding carboxylic acids is 1. The minimum absolute atomic E-state index is 0.318. The second kappa shape index (κ2) is 7.35. The Morgan fingerprint density at radius 3 is 2.60 bits per heavy atom. The van der Waals surface area contributed by atoms with Gasteiger partial charge in [-0.2, -0.15) is 0 Å². The third kappa shape index (κ3) is 3.73. The maximum Gasteiger partial charge on any atom is 0.295 e.